The summed E-state index contributed by atoms with van der Waals surface area (Å²) in [6, 6.07) is 6.34. The minimum absolute atomic E-state index is 0.00310. The Labute approximate surface area is 148 Å². The SMILES string of the molecule is Cc1c(N2CCCC2=O)cccc1-n1c(N)c2c(cc1=O)C(=O)NC2=O. The molecule has 0 unspecified atom stereocenters. The number of rotatable bonds is 2. The number of nitrogen functional groups attached to an aromatic ring is 1. The van der Waals surface area contributed by atoms with Crippen LogP contribution in [0.15, 0.2) is 29.1 Å². The lowest BCUT2D eigenvalue weighted by Crippen LogP contribution is -2.27. The second-order valence-electron chi connectivity index (χ2n) is 6.35. The Morgan fingerprint density at radius 3 is 2.50 bits per heavy atom. The lowest BCUT2D eigenvalue weighted by molar-refractivity contribution is -0.117. The predicted molar refractivity (Wildman–Crippen MR) is 94.6 cm³/mol. The number of amides is 3. The average Bonchev–Trinajstić information content (AvgIpc) is 3.12. The van der Waals surface area contributed by atoms with Crippen molar-refractivity contribution in [1.29, 1.82) is 0 Å². The van der Waals surface area contributed by atoms with Crippen LogP contribution in [0.3, 0.4) is 0 Å². The molecule has 2 aromatic rings. The van der Waals surface area contributed by atoms with Crippen LogP contribution in [0, 0.1) is 6.92 Å². The number of aromatic nitrogens is 1. The first kappa shape index (κ1) is 16.1. The lowest BCUT2D eigenvalue weighted by atomic mass is 10.1. The van der Waals surface area contributed by atoms with Gasteiger partial charge in [-0.15, -0.1) is 0 Å². The quantitative estimate of drug-likeness (QED) is 0.774. The second kappa shape index (κ2) is 5.55. The molecular weight excluding hydrogens is 336 g/mol. The molecule has 0 atom stereocenters. The minimum atomic E-state index is -0.630. The average molecular weight is 352 g/mol. The van der Waals surface area contributed by atoms with Crippen molar-refractivity contribution >= 4 is 29.2 Å². The fourth-order valence-electron chi connectivity index (χ4n) is 3.58. The molecule has 1 aromatic heterocycles. The molecule has 0 spiro atoms. The van der Waals surface area contributed by atoms with Gasteiger partial charge in [-0.2, -0.15) is 0 Å². The highest BCUT2D eigenvalue weighted by Crippen LogP contribution is 2.31. The summed E-state index contributed by atoms with van der Waals surface area (Å²) >= 11 is 0. The first-order valence-corrected chi connectivity index (χ1v) is 8.21. The predicted octanol–water partition coefficient (Wildman–Crippen LogP) is 0.739. The highest BCUT2D eigenvalue weighted by molar-refractivity contribution is 6.23. The van der Waals surface area contributed by atoms with Gasteiger partial charge in [0.15, 0.2) is 0 Å². The topological polar surface area (TPSA) is 114 Å². The maximum atomic E-state index is 12.6. The van der Waals surface area contributed by atoms with E-state index < -0.39 is 17.4 Å². The molecule has 1 saturated heterocycles. The first-order chi connectivity index (χ1) is 12.4. The van der Waals surface area contributed by atoms with E-state index in [1.807, 2.05) is 6.07 Å². The maximum Gasteiger partial charge on any atom is 0.262 e. The van der Waals surface area contributed by atoms with Crippen molar-refractivity contribution in [3.8, 4) is 5.69 Å². The molecule has 4 rings (SSSR count). The van der Waals surface area contributed by atoms with Crippen LogP contribution >= 0.6 is 0 Å². The fraction of sp³-hybridized carbons (Fsp3) is 0.222. The van der Waals surface area contributed by atoms with Gasteiger partial charge >= 0.3 is 0 Å². The van der Waals surface area contributed by atoms with Gasteiger partial charge in [-0.3, -0.25) is 29.1 Å². The number of nitrogens with one attached hydrogen (secondary N) is 1. The molecule has 3 N–H and O–H groups in total. The van der Waals surface area contributed by atoms with Crippen LogP contribution in [-0.2, 0) is 4.79 Å². The monoisotopic (exact) mass is 352 g/mol. The van der Waals surface area contributed by atoms with E-state index in [1.165, 1.54) is 4.57 Å². The van der Waals surface area contributed by atoms with Gasteiger partial charge in [-0.1, -0.05) is 6.07 Å². The Balaban J connectivity index is 1.94. The number of anilines is 2. The largest absolute Gasteiger partial charge is 0.384 e. The van der Waals surface area contributed by atoms with Crippen molar-refractivity contribution in [3.05, 3.63) is 51.3 Å². The summed E-state index contributed by atoms with van der Waals surface area (Å²) in [5.74, 6) is -1.32. The number of nitrogens with two attached hydrogens (primary N) is 1. The molecular formula is C18H16N4O4. The summed E-state index contributed by atoms with van der Waals surface area (Å²) in [7, 11) is 0. The van der Waals surface area contributed by atoms with Gasteiger partial charge in [0, 0.05) is 24.7 Å². The summed E-state index contributed by atoms with van der Waals surface area (Å²) in [5.41, 5.74) is 7.43. The fourth-order valence-corrected chi connectivity index (χ4v) is 3.58. The normalized spacial score (nSPS) is 16.2. The van der Waals surface area contributed by atoms with Crippen LogP contribution in [0.4, 0.5) is 11.5 Å². The number of imide groups is 1. The summed E-state index contributed by atoms with van der Waals surface area (Å²) in [4.78, 5) is 50.2. The van der Waals surface area contributed by atoms with E-state index >= 15 is 0 Å². The first-order valence-electron chi connectivity index (χ1n) is 8.21. The molecule has 8 nitrogen and oxygen atoms in total. The summed E-state index contributed by atoms with van der Waals surface area (Å²) in [5, 5.41) is 2.14. The Morgan fingerprint density at radius 2 is 1.81 bits per heavy atom. The number of carbonyl (C=O) groups excluding carboxylic acids is 3. The summed E-state index contributed by atoms with van der Waals surface area (Å²) in [6.07, 6.45) is 1.28. The smallest absolute Gasteiger partial charge is 0.262 e. The van der Waals surface area contributed by atoms with Gasteiger partial charge in [0.2, 0.25) is 5.91 Å². The molecule has 1 aromatic carbocycles. The Hall–Kier alpha value is -3.42. The van der Waals surface area contributed by atoms with Gasteiger partial charge in [0.25, 0.3) is 17.4 Å². The molecule has 0 saturated carbocycles. The molecule has 0 radical (unpaired) electrons. The van der Waals surface area contributed by atoms with Crippen molar-refractivity contribution in [1.82, 2.24) is 9.88 Å². The van der Waals surface area contributed by atoms with E-state index in [4.69, 9.17) is 5.73 Å². The third-order valence-corrected chi connectivity index (χ3v) is 4.84. The zero-order chi connectivity index (χ0) is 18.6. The van der Waals surface area contributed by atoms with Gasteiger partial charge in [0.1, 0.15) is 5.82 Å². The minimum Gasteiger partial charge on any atom is -0.384 e. The van der Waals surface area contributed by atoms with Crippen LogP contribution in [0.1, 0.15) is 39.1 Å². The number of benzene rings is 1. The number of pyridine rings is 1. The highest BCUT2D eigenvalue weighted by Gasteiger charge is 2.32. The van der Waals surface area contributed by atoms with Crippen LogP contribution < -0.4 is 21.5 Å². The van der Waals surface area contributed by atoms with E-state index in [-0.39, 0.29) is 22.9 Å². The lowest BCUT2D eigenvalue weighted by Gasteiger charge is -2.22. The van der Waals surface area contributed by atoms with E-state index in [9.17, 15) is 19.2 Å². The summed E-state index contributed by atoms with van der Waals surface area (Å²) < 4.78 is 1.20. The number of carbonyl (C=O) groups is 3. The van der Waals surface area contributed by atoms with Crippen LogP contribution in [-0.4, -0.2) is 28.8 Å². The third kappa shape index (κ3) is 2.15. The molecule has 8 heteroatoms. The molecule has 1 fully saturated rings. The zero-order valence-electron chi connectivity index (χ0n) is 14.0. The van der Waals surface area contributed by atoms with E-state index in [0.29, 0.717) is 29.9 Å². The summed E-state index contributed by atoms with van der Waals surface area (Å²) in [6.45, 7) is 2.41. The second-order valence-corrected chi connectivity index (χ2v) is 6.35. The van der Waals surface area contributed by atoms with E-state index in [0.717, 1.165) is 12.5 Å². The van der Waals surface area contributed by atoms with Gasteiger partial charge < -0.3 is 10.6 Å². The molecule has 0 bridgehead atoms. The number of hydrogen-bond acceptors (Lipinski definition) is 5. The molecule has 132 valence electrons. The Kier molecular flexibility index (Phi) is 3.43. The maximum absolute atomic E-state index is 12.6. The van der Waals surface area contributed by atoms with Crippen LogP contribution in [0.5, 0.6) is 0 Å². The molecule has 0 aliphatic carbocycles. The standard InChI is InChI=1S/C18H16N4O4/c1-9-11(21-7-3-6-13(21)23)4-2-5-12(9)22-14(24)8-10-15(16(22)19)18(26)20-17(10)25/h2,4-5,8H,3,6-7,19H2,1H3,(H,20,25,26). The molecule has 26 heavy (non-hydrogen) atoms. The van der Waals surface area contributed by atoms with E-state index in [2.05, 4.69) is 5.32 Å². The zero-order valence-corrected chi connectivity index (χ0v) is 14.0. The molecule has 3 heterocycles. The van der Waals surface area contributed by atoms with E-state index in [1.54, 1.807) is 24.0 Å². The number of fused-ring (bicyclic) bond motifs is 1. The van der Waals surface area contributed by atoms with Gasteiger partial charge in [0.05, 0.1) is 16.8 Å². The molecule has 3 amide bonds. The van der Waals surface area contributed by atoms with Crippen LogP contribution in [0.2, 0.25) is 0 Å². The van der Waals surface area contributed by atoms with Crippen molar-refractivity contribution < 1.29 is 14.4 Å². The van der Waals surface area contributed by atoms with Crippen molar-refractivity contribution in [3.63, 3.8) is 0 Å². The van der Waals surface area contributed by atoms with Crippen molar-refractivity contribution in [2.75, 3.05) is 17.2 Å². The third-order valence-electron chi connectivity index (χ3n) is 4.84. The van der Waals surface area contributed by atoms with Crippen LogP contribution in [0.25, 0.3) is 5.69 Å². The van der Waals surface area contributed by atoms with Crippen molar-refractivity contribution in [2.24, 2.45) is 0 Å². The highest BCUT2D eigenvalue weighted by atomic mass is 16.2. The Morgan fingerprint density at radius 1 is 1.08 bits per heavy atom. The molecule has 2 aliphatic heterocycles. The molecule has 2 aliphatic rings. The van der Waals surface area contributed by atoms with Crippen molar-refractivity contribution in [2.45, 2.75) is 19.8 Å². The Bertz CT molecular complexity index is 1050. The van der Waals surface area contributed by atoms with Gasteiger partial charge in [-0.25, -0.2) is 0 Å². The van der Waals surface area contributed by atoms with Gasteiger partial charge in [-0.05, 0) is 31.0 Å². The number of hydrogen-bond donors (Lipinski definition) is 2. The number of nitrogens with zero attached hydrogens (tertiary/aromatic N) is 2.